The molecule has 1 amide bonds. The summed E-state index contributed by atoms with van der Waals surface area (Å²) in [4.78, 5) is 30.6. The molecule has 0 aliphatic carbocycles. The molecule has 1 saturated heterocycles. The standard InChI is InChI=1S/C23H22BrN3O2/c1-15-11-16-12-17(24)13-19-21(16)27(15)14-20(22(19)28)23(29)26-9-7-25(8-10-26)18-5-3-2-4-6-18/h2-6,12-15H,7-11H2,1H3. The summed E-state index contributed by atoms with van der Waals surface area (Å²) >= 11 is 3.52. The number of hydrogen-bond acceptors (Lipinski definition) is 3. The summed E-state index contributed by atoms with van der Waals surface area (Å²) in [6.07, 6.45) is 2.66. The van der Waals surface area contributed by atoms with Crippen LogP contribution < -0.4 is 10.3 Å². The van der Waals surface area contributed by atoms with Crippen LogP contribution in [0.15, 0.2) is 57.9 Å². The Morgan fingerprint density at radius 3 is 2.52 bits per heavy atom. The molecule has 0 N–H and O–H groups in total. The summed E-state index contributed by atoms with van der Waals surface area (Å²) in [5.41, 5.74) is 3.42. The lowest BCUT2D eigenvalue weighted by molar-refractivity contribution is 0.0745. The van der Waals surface area contributed by atoms with Crippen molar-refractivity contribution in [1.29, 1.82) is 0 Å². The molecule has 2 aliphatic heterocycles. The molecule has 3 aromatic rings. The van der Waals surface area contributed by atoms with Gasteiger partial charge in [-0.2, -0.15) is 0 Å². The number of carbonyl (C=O) groups excluding carboxylic acids is 1. The van der Waals surface area contributed by atoms with E-state index in [1.165, 1.54) is 5.69 Å². The van der Waals surface area contributed by atoms with Gasteiger partial charge >= 0.3 is 0 Å². The fourth-order valence-electron chi connectivity index (χ4n) is 4.59. The Bertz CT molecular complexity index is 1160. The lowest BCUT2D eigenvalue weighted by atomic mass is 10.1. The van der Waals surface area contributed by atoms with Gasteiger partial charge < -0.3 is 14.4 Å². The van der Waals surface area contributed by atoms with Crippen molar-refractivity contribution in [3.05, 3.63) is 74.5 Å². The highest BCUT2D eigenvalue weighted by Crippen LogP contribution is 2.33. The maximum absolute atomic E-state index is 13.3. The van der Waals surface area contributed by atoms with Crippen molar-refractivity contribution in [2.75, 3.05) is 31.1 Å². The lowest BCUT2D eigenvalue weighted by Gasteiger charge is -2.36. The minimum atomic E-state index is -0.164. The molecule has 1 aromatic heterocycles. The van der Waals surface area contributed by atoms with Crippen LogP contribution in [0.5, 0.6) is 0 Å². The van der Waals surface area contributed by atoms with E-state index in [0.29, 0.717) is 18.5 Å². The number of para-hydroxylation sites is 1. The molecule has 0 saturated carbocycles. The first-order chi connectivity index (χ1) is 14.0. The predicted molar refractivity (Wildman–Crippen MR) is 119 cm³/mol. The fraction of sp³-hybridized carbons (Fsp3) is 0.304. The molecule has 5 rings (SSSR count). The first kappa shape index (κ1) is 18.4. The molecule has 6 heteroatoms. The molecular formula is C23H22BrN3O2. The van der Waals surface area contributed by atoms with Gasteiger partial charge in [0.1, 0.15) is 5.56 Å². The number of anilines is 1. The van der Waals surface area contributed by atoms with Crippen LogP contribution in [-0.4, -0.2) is 41.6 Å². The Morgan fingerprint density at radius 1 is 1.07 bits per heavy atom. The number of aromatic nitrogens is 1. The Balaban J connectivity index is 1.46. The van der Waals surface area contributed by atoms with E-state index in [0.717, 1.165) is 35.1 Å². The van der Waals surface area contributed by atoms with E-state index in [1.807, 2.05) is 29.2 Å². The molecular weight excluding hydrogens is 430 g/mol. The Hall–Kier alpha value is -2.60. The van der Waals surface area contributed by atoms with Crippen LogP contribution in [0.1, 0.15) is 28.9 Å². The average molecular weight is 452 g/mol. The van der Waals surface area contributed by atoms with Crippen LogP contribution in [0.4, 0.5) is 5.69 Å². The quantitative estimate of drug-likeness (QED) is 0.594. The molecule has 29 heavy (non-hydrogen) atoms. The molecule has 1 unspecified atom stereocenters. The van der Waals surface area contributed by atoms with Crippen molar-refractivity contribution in [3.8, 4) is 0 Å². The molecule has 0 spiro atoms. The second kappa shape index (κ2) is 7.02. The molecule has 1 fully saturated rings. The molecule has 5 nitrogen and oxygen atoms in total. The second-order valence-corrected chi connectivity index (χ2v) is 8.82. The van der Waals surface area contributed by atoms with E-state index in [1.54, 1.807) is 6.20 Å². The second-order valence-electron chi connectivity index (χ2n) is 7.91. The fourth-order valence-corrected chi connectivity index (χ4v) is 5.10. The van der Waals surface area contributed by atoms with Crippen molar-refractivity contribution in [2.45, 2.75) is 19.4 Å². The van der Waals surface area contributed by atoms with Crippen LogP contribution in [-0.2, 0) is 6.42 Å². The normalized spacial score (nSPS) is 18.5. The van der Waals surface area contributed by atoms with Crippen LogP contribution in [0, 0.1) is 0 Å². The third kappa shape index (κ3) is 3.06. The van der Waals surface area contributed by atoms with Gasteiger partial charge in [0.15, 0.2) is 0 Å². The summed E-state index contributed by atoms with van der Waals surface area (Å²) < 4.78 is 2.99. The number of benzene rings is 2. The summed E-state index contributed by atoms with van der Waals surface area (Å²) in [5.74, 6) is -0.158. The number of pyridine rings is 1. The summed E-state index contributed by atoms with van der Waals surface area (Å²) in [6.45, 7) is 4.90. The van der Waals surface area contributed by atoms with Gasteiger partial charge in [0.2, 0.25) is 5.43 Å². The van der Waals surface area contributed by atoms with Crippen LogP contribution >= 0.6 is 15.9 Å². The molecule has 2 aromatic carbocycles. The predicted octanol–water partition coefficient (Wildman–Crippen LogP) is 3.84. The van der Waals surface area contributed by atoms with Gasteiger partial charge in [0.05, 0.1) is 5.52 Å². The first-order valence-corrected chi connectivity index (χ1v) is 10.8. The van der Waals surface area contributed by atoms with E-state index in [2.05, 4.69) is 50.5 Å². The summed E-state index contributed by atoms with van der Waals surface area (Å²) in [6, 6.07) is 14.4. The van der Waals surface area contributed by atoms with E-state index in [9.17, 15) is 9.59 Å². The molecule has 2 aliphatic rings. The van der Waals surface area contributed by atoms with Gasteiger partial charge in [-0.15, -0.1) is 0 Å². The van der Waals surface area contributed by atoms with Crippen molar-refractivity contribution in [2.24, 2.45) is 0 Å². The summed E-state index contributed by atoms with van der Waals surface area (Å²) in [7, 11) is 0. The van der Waals surface area contributed by atoms with Gasteiger partial charge in [-0.3, -0.25) is 9.59 Å². The van der Waals surface area contributed by atoms with E-state index in [4.69, 9.17) is 0 Å². The third-order valence-corrected chi connectivity index (χ3v) is 6.54. The monoisotopic (exact) mass is 451 g/mol. The van der Waals surface area contributed by atoms with E-state index < -0.39 is 0 Å². The zero-order valence-electron chi connectivity index (χ0n) is 16.3. The Kier molecular flexibility index (Phi) is 4.46. The number of piperazine rings is 1. The highest BCUT2D eigenvalue weighted by molar-refractivity contribution is 9.10. The highest BCUT2D eigenvalue weighted by Gasteiger charge is 2.28. The minimum absolute atomic E-state index is 0.158. The third-order valence-electron chi connectivity index (χ3n) is 6.08. The topological polar surface area (TPSA) is 45.6 Å². The maximum Gasteiger partial charge on any atom is 0.259 e. The number of hydrogen-bond donors (Lipinski definition) is 0. The van der Waals surface area contributed by atoms with Crippen molar-refractivity contribution in [1.82, 2.24) is 9.47 Å². The average Bonchev–Trinajstić information content (AvgIpc) is 3.05. The smallest absolute Gasteiger partial charge is 0.259 e. The van der Waals surface area contributed by atoms with Gasteiger partial charge in [-0.25, -0.2) is 0 Å². The molecule has 148 valence electrons. The number of carbonyl (C=O) groups is 1. The minimum Gasteiger partial charge on any atom is -0.368 e. The van der Waals surface area contributed by atoms with Crippen LogP contribution in [0.3, 0.4) is 0 Å². The molecule has 3 heterocycles. The molecule has 0 radical (unpaired) electrons. The SMILES string of the molecule is CC1Cc2cc(Br)cc3c(=O)c(C(=O)N4CCN(c5ccccc5)CC4)cn1c23. The largest absolute Gasteiger partial charge is 0.368 e. The Morgan fingerprint density at radius 2 is 1.79 bits per heavy atom. The van der Waals surface area contributed by atoms with Crippen LogP contribution in [0.25, 0.3) is 10.9 Å². The number of nitrogens with zero attached hydrogens (tertiary/aromatic N) is 3. The van der Waals surface area contributed by atoms with Gasteiger partial charge in [-0.05, 0) is 43.2 Å². The van der Waals surface area contributed by atoms with Crippen molar-refractivity contribution < 1.29 is 4.79 Å². The van der Waals surface area contributed by atoms with Gasteiger partial charge in [0.25, 0.3) is 5.91 Å². The Labute approximate surface area is 177 Å². The molecule has 1 atom stereocenters. The zero-order chi connectivity index (χ0) is 20.1. The lowest BCUT2D eigenvalue weighted by Crippen LogP contribution is -2.49. The van der Waals surface area contributed by atoms with Crippen LogP contribution in [0.2, 0.25) is 0 Å². The molecule has 0 bridgehead atoms. The van der Waals surface area contributed by atoms with Gasteiger partial charge in [0, 0.05) is 54.0 Å². The first-order valence-electron chi connectivity index (χ1n) is 9.99. The van der Waals surface area contributed by atoms with Crippen molar-refractivity contribution >= 4 is 38.4 Å². The summed E-state index contributed by atoms with van der Waals surface area (Å²) in [5, 5.41) is 0.632. The highest BCUT2D eigenvalue weighted by atomic mass is 79.9. The zero-order valence-corrected chi connectivity index (χ0v) is 17.9. The van der Waals surface area contributed by atoms with Crippen molar-refractivity contribution in [3.63, 3.8) is 0 Å². The van der Waals surface area contributed by atoms with Gasteiger partial charge in [-0.1, -0.05) is 34.1 Å². The number of amides is 1. The maximum atomic E-state index is 13.3. The van der Waals surface area contributed by atoms with E-state index >= 15 is 0 Å². The number of rotatable bonds is 2. The van der Waals surface area contributed by atoms with E-state index in [-0.39, 0.29) is 22.9 Å². The number of halogens is 1.